The van der Waals surface area contributed by atoms with Crippen molar-refractivity contribution in [2.24, 2.45) is 23.2 Å². The van der Waals surface area contributed by atoms with Gasteiger partial charge >= 0.3 is 0 Å². The highest BCUT2D eigenvalue weighted by Gasteiger charge is 2.47. The molecule has 3 heterocycles. The molecule has 5 atom stereocenters. The van der Waals surface area contributed by atoms with Crippen LogP contribution in [0, 0.1) is 23.2 Å². The molecule has 0 spiro atoms. The fourth-order valence-corrected chi connectivity index (χ4v) is 7.40. The van der Waals surface area contributed by atoms with E-state index in [1.807, 2.05) is 41.5 Å². The minimum atomic E-state index is -1.09. The third kappa shape index (κ3) is 12.6. The van der Waals surface area contributed by atoms with E-state index < -0.39 is 64.9 Å². The summed E-state index contributed by atoms with van der Waals surface area (Å²) in [4.78, 5) is 96.3. The predicted molar refractivity (Wildman–Crippen MR) is 209 cm³/mol. The Morgan fingerprint density at radius 1 is 0.964 bits per heavy atom. The average molecular weight is 783 g/mol. The van der Waals surface area contributed by atoms with Gasteiger partial charge in [0, 0.05) is 49.8 Å². The highest BCUT2D eigenvalue weighted by Crippen LogP contribution is 2.34. The number of ether oxygens (including phenoxy) is 1. The van der Waals surface area contributed by atoms with Crippen LogP contribution >= 0.6 is 11.6 Å². The Hall–Kier alpha value is -4.26. The van der Waals surface area contributed by atoms with Gasteiger partial charge < -0.3 is 20.3 Å². The Morgan fingerprint density at radius 3 is 2.25 bits per heavy atom. The van der Waals surface area contributed by atoms with E-state index >= 15 is 0 Å². The summed E-state index contributed by atoms with van der Waals surface area (Å²) in [5.74, 6) is -3.60. The van der Waals surface area contributed by atoms with Gasteiger partial charge in [0.2, 0.25) is 35.2 Å². The Morgan fingerprint density at radius 2 is 1.67 bits per heavy atom. The van der Waals surface area contributed by atoms with Crippen LogP contribution < -0.4 is 15.4 Å². The standard InChI is InChI=1S/C40H55ClN6O7.CH4/c1-7-11-29(35(50)33(49)18-24(2)3)45-38(52)31-19-27(54-34-15-14-26(41)21-44-34)23-47(31)39(53)36(40(4,5)6)46-37(51)28(25-12-9-8-10-13-25)20-32(48)30-22-42-16-17-43-30;/h14-17,21-22,24-25,27-29,31,36H,7-13,18-20,23H2,1-6H3,(H,45,52)(H,46,51);1H4/t27-,28+,29+,31+,36-;/m1./s1. The zero-order valence-electron chi connectivity index (χ0n) is 32.3. The number of rotatable bonds is 17. The smallest absolute Gasteiger partial charge is 0.246 e. The molecule has 2 fully saturated rings. The van der Waals surface area contributed by atoms with Crippen molar-refractivity contribution in [1.82, 2.24) is 30.5 Å². The SMILES string of the molecule is C.CCC[C@H](NC(=O)[C@@H]1C[C@@H](Oc2ccc(Cl)cn2)CN1C(=O)[C@@H](NC(=O)[C@@H](CC(=O)c1cnccn1)C1CCCCC1)C(C)(C)C)C(=O)C(=O)CC(C)C. The molecule has 13 nitrogen and oxygen atoms in total. The highest BCUT2D eigenvalue weighted by atomic mass is 35.5. The molecule has 1 aliphatic heterocycles. The van der Waals surface area contributed by atoms with Crippen molar-refractivity contribution >= 4 is 46.7 Å². The molecule has 14 heteroatoms. The molecule has 2 N–H and O–H groups in total. The molecular formula is C41H59ClN6O7. The Bertz CT molecular complexity index is 1630. The largest absolute Gasteiger partial charge is 0.472 e. The van der Waals surface area contributed by atoms with E-state index in [0.29, 0.717) is 11.4 Å². The molecule has 0 bridgehead atoms. The zero-order chi connectivity index (χ0) is 39.6. The van der Waals surface area contributed by atoms with Crippen molar-refractivity contribution in [3.63, 3.8) is 0 Å². The van der Waals surface area contributed by atoms with E-state index in [9.17, 15) is 28.8 Å². The van der Waals surface area contributed by atoms with Crippen LogP contribution in [-0.4, -0.2) is 85.7 Å². The van der Waals surface area contributed by atoms with Crippen molar-refractivity contribution in [3.05, 3.63) is 47.6 Å². The maximum Gasteiger partial charge on any atom is 0.246 e. The zero-order valence-corrected chi connectivity index (χ0v) is 33.1. The molecule has 0 radical (unpaired) electrons. The molecule has 2 aliphatic rings. The van der Waals surface area contributed by atoms with Crippen LogP contribution in [0.3, 0.4) is 0 Å². The molecule has 3 amide bonds. The van der Waals surface area contributed by atoms with E-state index in [1.165, 1.54) is 29.7 Å². The summed E-state index contributed by atoms with van der Waals surface area (Å²) in [7, 11) is 0. The van der Waals surface area contributed by atoms with Gasteiger partial charge in [-0.1, -0.05) is 86.3 Å². The van der Waals surface area contributed by atoms with Crippen molar-refractivity contribution in [2.75, 3.05) is 6.54 Å². The molecule has 302 valence electrons. The number of nitrogens with zero attached hydrogens (tertiary/aromatic N) is 4. The van der Waals surface area contributed by atoms with Gasteiger partial charge in [-0.2, -0.15) is 0 Å². The maximum absolute atomic E-state index is 14.7. The first-order chi connectivity index (χ1) is 25.6. The molecule has 2 aromatic rings. The summed E-state index contributed by atoms with van der Waals surface area (Å²) in [5, 5.41) is 6.21. The summed E-state index contributed by atoms with van der Waals surface area (Å²) in [6.45, 7) is 11.0. The van der Waals surface area contributed by atoms with Crippen LogP contribution in [0.2, 0.25) is 5.02 Å². The number of aromatic nitrogens is 3. The molecule has 0 aromatic carbocycles. The van der Waals surface area contributed by atoms with Gasteiger partial charge in [0.05, 0.1) is 23.8 Å². The van der Waals surface area contributed by atoms with Crippen molar-refractivity contribution in [2.45, 2.75) is 137 Å². The fraction of sp³-hybridized carbons (Fsp3) is 0.634. The second-order valence-electron chi connectivity index (χ2n) is 16.1. The minimum Gasteiger partial charge on any atom is -0.472 e. The number of halogens is 1. The molecular weight excluding hydrogens is 724 g/mol. The van der Waals surface area contributed by atoms with Gasteiger partial charge in [0.15, 0.2) is 5.78 Å². The number of likely N-dealkylation sites (tertiary alicyclic amines) is 1. The Kier molecular flexibility index (Phi) is 16.9. The number of nitrogens with one attached hydrogen (secondary N) is 2. The number of Topliss-reactive ketones (excluding diaryl/α,β-unsaturated/α-hetero) is 3. The quantitative estimate of drug-likeness (QED) is 0.143. The van der Waals surface area contributed by atoms with Gasteiger partial charge in [-0.05, 0) is 42.6 Å². The topological polar surface area (TPSA) is 178 Å². The maximum atomic E-state index is 14.7. The van der Waals surface area contributed by atoms with Gasteiger partial charge in [0.25, 0.3) is 0 Å². The first kappa shape index (κ1) is 45.1. The fourth-order valence-electron chi connectivity index (χ4n) is 7.29. The lowest BCUT2D eigenvalue weighted by molar-refractivity contribution is -0.145. The number of carbonyl (C=O) groups is 6. The first-order valence-electron chi connectivity index (χ1n) is 19.1. The van der Waals surface area contributed by atoms with Crippen LogP contribution in [0.4, 0.5) is 0 Å². The molecule has 0 unspecified atom stereocenters. The lowest BCUT2D eigenvalue weighted by Gasteiger charge is -2.37. The summed E-state index contributed by atoms with van der Waals surface area (Å²) in [6.07, 6.45) is 10.4. The third-order valence-electron chi connectivity index (χ3n) is 10.1. The number of ketones is 3. The molecule has 1 aliphatic carbocycles. The summed E-state index contributed by atoms with van der Waals surface area (Å²) in [5.41, 5.74) is -0.645. The number of carbonyl (C=O) groups excluding carboxylic acids is 6. The van der Waals surface area contributed by atoms with Crippen LogP contribution in [0.15, 0.2) is 36.9 Å². The van der Waals surface area contributed by atoms with Crippen molar-refractivity contribution in [1.29, 1.82) is 0 Å². The van der Waals surface area contributed by atoms with Crippen LogP contribution in [0.1, 0.15) is 124 Å². The highest BCUT2D eigenvalue weighted by molar-refractivity contribution is 6.39. The van der Waals surface area contributed by atoms with Gasteiger partial charge in [-0.3, -0.25) is 33.8 Å². The Balaban J connectivity index is 0.00000812. The normalized spacial score (nSPS) is 19.1. The van der Waals surface area contributed by atoms with Crippen LogP contribution in [0.5, 0.6) is 5.88 Å². The van der Waals surface area contributed by atoms with E-state index in [0.717, 1.165) is 32.1 Å². The monoisotopic (exact) mass is 782 g/mol. The van der Waals surface area contributed by atoms with Gasteiger partial charge in [-0.15, -0.1) is 0 Å². The molecule has 4 rings (SSSR count). The molecule has 55 heavy (non-hydrogen) atoms. The number of hydrogen-bond donors (Lipinski definition) is 2. The van der Waals surface area contributed by atoms with Crippen LogP contribution in [-0.2, 0) is 24.0 Å². The summed E-state index contributed by atoms with van der Waals surface area (Å²) >= 11 is 6.02. The van der Waals surface area contributed by atoms with Gasteiger partial charge in [-0.25, -0.2) is 9.97 Å². The number of pyridine rings is 1. The predicted octanol–water partition coefficient (Wildman–Crippen LogP) is 5.98. The van der Waals surface area contributed by atoms with E-state index in [1.54, 1.807) is 12.1 Å². The second kappa shape index (κ2) is 20.6. The van der Waals surface area contributed by atoms with Crippen molar-refractivity contribution < 1.29 is 33.5 Å². The number of hydrogen-bond acceptors (Lipinski definition) is 10. The summed E-state index contributed by atoms with van der Waals surface area (Å²) < 4.78 is 6.12. The van der Waals surface area contributed by atoms with E-state index in [-0.39, 0.29) is 68.8 Å². The van der Waals surface area contributed by atoms with E-state index in [2.05, 4.69) is 25.6 Å². The Labute approximate surface area is 330 Å². The molecule has 1 saturated carbocycles. The third-order valence-corrected chi connectivity index (χ3v) is 10.3. The average Bonchev–Trinajstić information content (AvgIpc) is 3.56. The first-order valence-corrected chi connectivity index (χ1v) is 19.5. The lowest BCUT2D eigenvalue weighted by Crippen LogP contribution is -2.59. The minimum absolute atomic E-state index is 0. The molecule has 1 saturated heterocycles. The van der Waals surface area contributed by atoms with E-state index in [4.69, 9.17) is 16.3 Å². The van der Waals surface area contributed by atoms with Gasteiger partial charge in [0.1, 0.15) is 23.9 Å². The number of amides is 3. The lowest BCUT2D eigenvalue weighted by atomic mass is 9.76. The summed E-state index contributed by atoms with van der Waals surface area (Å²) in [6, 6.07) is -0.0269. The van der Waals surface area contributed by atoms with Crippen LogP contribution in [0.25, 0.3) is 0 Å². The molecule has 2 aromatic heterocycles. The van der Waals surface area contributed by atoms with Crippen molar-refractivity contribution in [3.8, 4) is 5.88 Å². The second-order valence-corrected chi connectivity index (χ2v) is 16.5.